The molecule has 1 rings (SSSR count). The molecule has 1 N–H and O–H groups in total. The number of amides is 1. The number of rotatable bonds is 5. The summed E-state index contributed by atoms with van der Waals surface area (Å²) in [5.74, 6) is -1.38. The molecule has 5 heteroatoms. The Morgan fingerprint density at radius 1 is 1.25 bits per heavy atom. The van der Waals surface area contributed by atoms with Gasteiger partial charge in [-0.15, -0.1) is 0 Å². The van der Waals surface area contributed by atoms with Crippen LogP contribution in [-0.2, 0) is 9.59 Å². The Morgan fingerprint density at radius 2 is 1.81 bits per heavy atom. The summed E-state index contributed by atoms with van der Waals surface area (Å²) < 4.78 is 0. The zero-order valence-corrected chi connectivity index (χ0v) is 10.2. The van der Waals surface area contributed by atoms with Gasteiger partial charge in [0.25, 0.3) is 0 Å². The van der Waals surface area contributed by atoms with Gasteiger partial charge < -0.3 is 14.9 Å². The molecule has 1 amide bonds. The SMILES string of the molecule is CN(CC1(N(C)C)CCC1)C(=O)CC(=O)O. The van der Waals surface area contributed by atoms with Crippen molar-refractivity contribution in [2.24, 2.45) is 0 Å². The van der Waals surface area contributed by atoms with Crippen LogP contribution in [0.3, 0.4) is 0 Å². The summed E-state index contributed by atoms with van der Waals surface area (Å²) in [5.41, 5.74) is 0.0584. The van der Waals surface area contributed by atoms with E-state index in [2.05, 4.69) is 4.90 Å². The van der Waals surface area contributed by atoms with Crippen LogP contribution in [0.25, 0.3) is 0 Å². The number of carbonyl (C=O) groups is 2. The van der Waals surface area contributed by atoms with Gasteiger partial charge in [0.1, 0.15) is 6.42 Å². The molecule has 0 atom stereocenters. The summed E-state index contributed by atoms with van der Waals surface area (Å²) in [7, 11) is 5.69. The molecule has 0 aromatic rings. The summed E-state index contributed by atoms with van der Waals surface area (Å²) in [6, 6.07) is 0. The first-order valence-electron chi connectivity index (χ1n) is 5.50. The molecule has 5 nitrogen and oxygen atoms in total. The van der Waals surface area contributed by atoms with Gasteiger partial charge in [-0.25, -0.2) is 0 Å². The molecular formula is C11H20N2O3. The molecule has 0 aromatic carbocycles. The monoisotopic (exact) mass is 228 g/mol. The van der Waals surface area contributed by atoms with Crippen LogP contribution in [0.4, 0.5) is 0 Å². The van der Waals surface area contributed by atoms with Crippen LogP contribution in [0.2, 0.25) is 0 Å². The highest BCUT2D eigenvalue weighted by molar-refractivity contribution is 5.93. The lowest BCUT2D eigenvalue weighted by Crippen LogP contribution is -2.57. The van der Waals surface area contributed by atoms with Crippen LogP contribution in [0.1, 0.15) is 25.7 Å². The highest BCUT2D eigenvalue weighted by atomic mass is 16.4. The molecule has 1 aliphatic carbocycles. The zero-order chi connectivity index (χ0) is 12.3. The van der Waals surface area contributed by atoms with Crippen LogP contribution in [0.15, 0.2) is 0 Å². The lowest BCUT2D eigenvalue weighted by atomic mass is 9.75. The molecule has 1 saturated carbocycles. The molecule has 0 bridgehead atoms. The van der Waals surface area contributed by atoms with Crippen molar-refractivity contribution < 1.29 is 14.7 Å². The van der Waals surface area contributed by atoms with Gasteiger partial charge in [0, 0.05) is 19.1 Å². The van der Waals surface area contributed by atoms with Crippen molar-refractivity contribution in [2.45, 2.75) is 31.2 Å². The number of carboxylic acid groups (broad SMARTS) is 1. The minimum atomic E-state index is -1.07. The largest absolute Gasteiger partial charge is 0.481 e. The number of hydrogen-bond acceptors (Lipinski definition) is 3. The van der Waals surface area contributed by atoms with Gasteiger partial charge in [0.2, 0.25) is 5.91 Å². The summed E-state index contributed by atoms with van der Waals surface area (Å²) >= 11 is 0. The molecule has 92 valence electrons. The van der Waals surface area contributed by atoms with Crippen LogP contribution < -0.4 is 0 Å². The Hall–Kier alpha value is -1.10. The van der Waals surface area contributed by atoms with E-state index in [9.17, 15) is 9.59 Å². The Morgan fingerprint density at radius 3 is 2.12 bits per heavy atom. The Bertz CT molecular complexity index is 285. The first kappa shape index (κ1) is 13.0. The van der Waals surface area contributed by atoms with Gasteiger partial charge in [-0.1, -0.05) is 0 Å². The quantitative estimate of drug-likeness (QED) is 0.692. The third-order valence-corrected chi connectivity index (χ3v) is 3.49. The van der Waals surface area contributed by atoms with E-state index >= 15 is 0 Å². The summed E-state index contributed by atoms with van der Waals surface area (Å²) in [6.07, 6.45) is 2.91. The molecule has 16 heavy (non-hydrogen) atoms. The standard InChI is InChI=1S/C11H20N2O3/c1-12(2)11(5-4-6-11)8-13(3)9(14)7-10(15)16/h4-8H2,1-3H3,(H,15,16). The molecule has 0 aromatic heterocycles. The maximum atomic E-state index is 11.5. The van der Waals surface area contributed by atoms with E-state index in [4.69, 9.17) is 5.11 Å². The fraction of sp³-hybridized carbons (Fsp3) is 0.818. The van der Waals surface area contributed by atoms with Crippen LogP contribution in [0, 0.1) is 0 Å². The molecule has 0 unspecified atom stereocenters. The van der Waals surface area contributed by atoms with Gasteiger partial charge >= 0.3 is 5.97 Å². The van der Waals surface area contributed by atoms with Crippen LogP contribution in [-0.4, -0.2) is 60.0 Å². The van der Waals surface area contributed by atoms with Crippen molar-refractivity contribution in [1.29, 1.82) is 0 Å². The minimum absolute atomic E-state index is 0.0584. The predicted octanol–water partition coefficient (Wildman–Crippen LogP) is 0.404. The van der Waals surface area contributed by atoms with Gasteiger partial charge in [-0.3, -0.25) is 9.59 Å². The fourth-order valence-electron chi connectivity index (χ4n) is 2.13. The van der Waals surface area contributed by atoms with Gasteiger partial charge in [0.05, 0.1) is 0 Å². The maximum Gasteiger partial charge on any atom is 0.312 e. The molecule has 1 aliphatic rings. The summed E-state index contributed by atoms with van der Waals surface area (Å²) in [6.45, 7) is 0.617. The number of likely N-dealkylation sites (N-methyl/N-ethyl adjacent to an activating group) is 2. The van der Waals surface area contributed by atoms with E-state index in [-0.39, 0.29) is 11.4 Å². The van der Waals surface area contributed by atoms with Crippen molar-refractivity contribution >= 4 is 11.9 Å². The van der Waals surface area contributed by atoms with Crippen molar-refractivity contribution in [3.8, 4) is 0 Å². The molecular weight excluding hydrogens is 208 g/mol. The second-order valence-electron chi connectivity index (χ2n) is 4.79. The molecule has 0 aliphatic heterocycles. The van der Waals surface area contributed by atoms with Gasteiger partial charge in [-0.2, -0.15) is 0 Å². The van der Waals surface area contributed by atoms with Crippen LogP contribution in [0.5, 0.6) is 0 Å². The summed E-state index contributed by atoms with van der Waals surface area (Å²) in [4.78, 5) is 25.6. The Kier molecular flexibility index (Phi) is 3.91. The smallest absolute Gasteiger partial charge is 0.312 e. The van der Waals surface area contributed by atoms with E-state index in [1.807, 2.05) is 14.1 Å². The lowest BCUT2D eigenvalue weighted by Gasteiger charge is -2.49. The summed E-state index contributed by atoms with van der Waals surface area (Å²) in [5, 5.41) is 8.55. The first-order valence-corrected chi connectivity index (χ1v) is 5.50. The van der Waals surface area contributed by atoms with E-state index < -0.39 is 12.4 Å². The van der Waals surface area contributed by atoms with Gasteiger partial charge in [0.15, 0.2) is 0 Å². The average Bonchev–Trinajstić information content (AvgIpc) is 2.08. The Balaban J connectivity index is 2.52. The number of carboxylic acids is 1. The number of hydrogen-bond donors (Lipinski definition) is 1. The number of carbonyl (C=O) groups excluding carboxylic acids is 1. The number of nitrogens with zero attached hydrogens (tertiary/aromatic N) is 2. The fourth-order valence-corrected chi connectivity index (χ4v) is 2.13. The van der Waals surface area contributed by atoms with E-state index in [0.29, 0.717) is 6.54 Å². The molecule has 0 spiro atoms. The molecule has 1 fully saturated rings. The van der Waals surface area contributed by atoms with Crippen molar-refractivity contribution in [2.75, 3.05) is 27.7 Å². The topological polar surface area (TPSA) is 60.9 Å². The maximum absolute atomic E-state index is 11.5. The second-order valence-corrected chi connectivity index (χ2v) is 4.79. The Labute approximate surface area is 96.0 Å². The van der Waals surface area contributed by atoms with Crippen molar-refractivity contribution in [3.63, 3.8) is 0 Å². The zero-order valence-electron chi connectivity index (χ0n) is 10.2. The first-order chi connectivity index (χ1) is 7.37. The minimum Gasteiger partial charge on any atom is -0.481 e. The van der Waals surface area contributed by atoms with Crippen molar-refractivity contribution in [3.05, 3.63) is 0 Å². The second kappa shape index (κ2) is 4.82. The predicted molar refractivity (Wildman–Crippen MR) is 60.2 cm³/mol. The highest BCUT2D eigenvalue weighted by Crippen LogP contribution is 2.36. The van der Waals surface area contributed by atoms with Crippen LogP contribution >= 0.6 is 0 Å². The lowest BCUT2D eigenvalue weighted by molar-refractivity contribution is -0.144. The normalized spacial score (nSPS) is 18.0. The highest BCUT2D eigenvalue weighted by Gasteiger charge is 2.40. The third-order valence-electron chi connectivity index (χ3n) is 3.49. The van der Waals surface area contributed by atoms with Gasteiger partial charge in [-0.05, 0) is 33.4 Å². The molecule has 0 heterocycles. The van der Waals surface area contributed by atoms with E-state index in [1.54, 1.807) is 7.05 Å². The number of aliphatic carboxylic acids is 1. The van der Waals surface area contributed by atoms with E-state index in [0.717, 1.165) is 12.8 Å². The van der Waals surface area contributed by atoms with E-state index in [1.165, 1.54) is 11.3 Å². The molecule has 0 radical (unpaired) electrons. The third kappa shape index (κ3) is 2.72. The average molecular weight is 228 g/mol. The van der Waals surface area contributed by atoms with Crippen molar-refractivity contribution in [1.82, 2.24) is 9.80 Å². The molecule has 0 saturated heterocycles.